The van der Waals surface area contributed by atoms with E-state index in [0.717, 1.165) is 22.3 Å². The fourth-order valence-electron chi connectivity index (χ4n) is 3.98. The fraction of sp³-hybridized carbons (Fsp3) is 0.0968. The van der Waals surface area contributed by atoms with Crippen molar-refractivity contribution >= 4 is 29.2 Å². The molecule has 0 aliphatic carbocycles. The Labute approximate surface area is 227 Å². The molecule has 0 unspecified atom stereocenters. The highest BCUT2D eigenvalue weighted by Gasteiger charge is 2.22. The zero-order valence-electron chi connectivity index (χ0n) is 21.5. The van der Waals surface area contributed by atoms with Crippen LogP contribution in [0.2, 0.25) is 0 Å². The van der Waals surface area contributed by atoms with Crippen LogP contribution in [0.15, 0.2) is 119 Å². The topological polar surface area (TPSA) is 135 Å². The highest BCUT2D eigenvalue weighted by atomic mass is 16.2. The zero-order chi connectivity index (χ0) is 27.6. The van der Waals surface area contributed by atoms with Gasteiger partial charge in [0.15, 0.2) is 0 Å². The molecule has 4 rings (SSSR count). The lowest BCUT2D eigenvalue weighted by molar-refractivity contribution is -0.118. The lowest BCUT2D eigenvalue weighted by atomic mass is 10.00. The van der Waals surface area contributed by atoms with Gasteiger partial charge in [0.25, 0.3) is 5.91 Å². The number of nitrogens with two attached hydrogens (primary N) is 2. The van der Waals surface area contributed by atoms with Gasteiger partial charge >= 0.3 is 0 Å². The van der Waals surface area contributed by atoms with E-state index in [1.165, 1.54) is 0 Å². The maximum Gasteiger partial charge on any atom is 0.251 e. The number of benzene rings is 4. The summed E-state index contributed by atoms with van der Waals surface area (Å²) in [6.07, 6.45) is 0.310. The maximum absolute atomic E-state index is 13.5. The molecule has 0 aromatic heterocycles. The quantitative estimate of drug-likeness (QED) is 0.149. The molecule has 8 heteroatoms. The summed E-state index contributed by atoms with van der Waals surface area (Å²) in [6, 6.07) is 33.2. The summed E-state index contributed by atoms with van der Waals surface area (Å²) in [4.78, 5) is 26.4. The van der Waals surface area contributed by atoms with E-state index in [2.05, 4.69) is 20.8 Å². The molecule has 0 aliphatic rings. The van der Waals surface area contributed by atoms with Gasteiger partial charge in [0.05, 0.1) is 5.71 Å². The van der Waals surface area contributed by atoms with Gasteiger partial charge < -0.3 is 22.1 Å². The van der Waals surface area contributed by atoms with Gasteiger partial charge in [-0.15, -0.1) is 5.10 Å². The summed E-state index contributed by atoms with van der Waals surface area (Å²) in [5, 5.41) is 13.5. The number of nitrogens with one attached hydrogen (secondary N) is 2. The summed E-state index contributed by atoms with van der Waals surface area (Å²) >= 11 is 0. The lowest BCUT2D eigenvalue weighted by Gasteiger charge is -2.19. The monoisotopic (exact) mass is 518 g/mol. The van der Waals surface area contributed by atoms with Crippen LogP contribution in [0.3, 0.4) is 0 Å². The van der Waals surface area contributed by atoms with Gasteiger partial charge in [0, 0.05) is 17.7 Å². The van der Waals surface area contributed by atoms with E-state index in [1.807, 2.05) is 66.7 Å². The number of anilines is 1. The van der Waals surface area contributed by atoms with Crippen LogP contribution in [-0.2, 0) is 11.2 Å². The first-order valence-corrected chi connectivity index (χ1v) is 12.4. The molecule has 0 bridgehead atoms. The second-order valence-electron chi connectivity index (χ2n) is 8.94. The molecule has 0 radical (unpaired) electrons. The van der Waals surface area contributed by atoms with Gasteiger partial charge in [-0.1, -0.05) is 84.9 Å². The number of hydrogen-bond acceptors (Lipinski definition) is 4. The van der Waals surface area contributed by atoms with E-state index in [4.69, 9.17) is 11.5 Å². The molecule has 0 fully saturated rings. The predicted octanol–water partition coefficient (Wildman–Crippen LogP) is 4.33. The number of carbonyl (C=O) groups is 2. The van der Waals surface area contributed by atoms with Crippen LogP contribution in [-0.4, -0.2) is 29.5 Å². The number of nitrogens with zero attached hydrogens (tertiary/aromatic N) is 2. The van der Waals surface area contributed by atoms with Gasteiger partial charge in [0.2, 0.25) is 11.9 Å². The first kappa shape index (κ1) is 26.8. The van der Waals surface area contributed by atoms with Gasteiger partial charge in [-0.3, -0.25) is 9.59 Å². The van der Waals surface area contributed by atoms with E-state index in [9.17, 15) is 9.59 Å². The molecule has 4 aromatic rings. The molecule has 0 spiro atoms. The second kappa shape index (κ2) is 12.8. The number of carbonyl (C=O) groups excluding carboxylic acids is 2. The molecule has 39 heavy (non-hydrogen) atoms. The van der Waals surface area contributed by atoms with Gasteiger partial charge in [-0.2, -0.15) is 5.10 Å². The van der Waals surface area contributed by atoms with Gasteiger partial charge in [-0.05, 0) is 53.4 Å². The number of hydrogen-bond donors (Lipinski definition) is 4. The molecule has 2 amide bonds. The Morgan fingerprint density at radius 2 is 1.36 bits per heavy atom. The summed E-state index contributed by atoms with van der Waals surface area (Å²) in [5.74, 6) is -0.819. The normalized spacial score (nSPS) is 11.8. The van der Waals surface area contributed by atoms with Crippen LogP contribution < -0.4 is 22.1 Å². The smallest absolute Gasteiger partial charge is 0.251 e. The average molecular weight is 519 g/mol. The predicted molar refractivity (Wildman–Crippen MR) is 156 cm³/mol. The summed E-state index contributed by atoms with van der Waals surface area (Å²) < 4.78 is 0. The summed E-state index contributed by atoms with van der Waals surface area (Å²) in [7, 11) is 0. The maximum atomic E-state index is 13.5. The summed E-state index contributed by atoms with van der Waals surface area (Å²) in [5.41, 5.74) is 16.1. The molecule has 8 nitrogen and oxygen atoms in total. The van der Waals surface area contributed by atoms with Crippen LogP contribution in [0, 0.1) is 0 Å². The third kappa shape index (κ3) is 7.62. The Bertz CT molecular complexity index is 1480. The van der Waals surface area contributed by atoms with E-state index >= 15 is 0 Å². The minimum atomic E-state index is -0.819. The Balaban J connectivity index is 1.55. The minimum Gasteiger partial charge on any atom is -0.369 e. The van der Waals surface area contributed by atoms with Crippen molar-refractivity contribution in [2.75, 3.05) is 5.32 Å². The van der Waals surface area contributed by atoms with E-state index in [1.54, 1.807) is 49.4 Å². The largest absolute Gasteiger partial charge is 0.369 e. The SMILES string of the molecule is CC(=NN=C(N)N)c1cccc(NC(=O)[C@H](Cc2ccc(-c3ccccc3)cc2)NC(=O)c2ccccc2)c1. The van der Waals surface area contributed by atoms with Crippen molar-refractivity contribution in [2.24, 2.45) is 21.7 Å². The van der Waals surface area contributed by atoms with Crippen molar-refractivity contribution in [1.29, 1.82) is 0 Å². The molecule has 0 aliphatic heterocycles. The Kier molecular flexibility index (Phi) is 8.82. The third-order valence-electron chi connectivity index (χ3n) is 6.02. The molecule has 0 heterocycles. The average Bonchev–Trinajstić information content (AvgIpc) is 2.97. The number of amides is 2. The molecule has 0 saturated heterocycles. The van der Waals surface area contributed by atoms with Crippen LogP contribution in [0.5, 0.6) is 0 Å². The standard InChI is InChI=1S/C31H30N6O2/c1-21(36-37-31(32)33)26-13-8-14-27(20-26)34-30(39)28(35-29(38)25-11-6-3-7-12-25)19-22-15-17-24(18-16-22)23-9-4-2-5-10-23/h2-18,20,28H,19H2,1H3,(H,34,39)(H,35,38)(H4,32,33,37)/t28-/m0/s1. The minimum absolute atomic E-state index is 0.146. The number of rotatable bonds is 9. The third-order valence-corrected chi connectivity index (χ3v) is 6.02. The van der Waals surface area contributed by atoms with Crippen molar-refractivity contribution in [3.8, 4) is 11.1 Å². The van der Waals surface area contributed by atoms with Crippen LogP contribution in [0.4, 0.5) is 5.69 Å². The number of guanidine groups is 1. The van der Waals surface area contributed by atoms with Crippen LogP contribution in [0.25, 0.3) is 11.1 Å². The molecule has 6 N–H and O–H groups in total. The molecular formula is C31H30N6O2. The first-order chi connectivity index (χ1) is 18.9. The van der Waals surface area contributed by atoms with Gasteiger partial charge in [0.1, 0.15) is 6.04 Å². The lowest BCUT2D eigenvalue weighted by Crippen LogP contribution is -2.45. The van der Waals surface area contributed by atoms with E-state index in [-0.39, 0.29) is 17.8 Å². The van der Waals surface area contributed by atoms with Crippen LogP contribution in [0.1, 0.15) is 28.4 Å². The second-order valence-corrected chi connectivity index (χ2v) is 8.94. The van der Waals surface area contributed by atoms with E-state index in [0.29, 0.717) is 23.4 Å². The fourth-order valence-corrected chi connectivity index (χ4v) is 3.98. The molecule has 4 aromatic carbocycles. The van der Waals surface area contributed by atoms with E-state index < -0.39 is 6.04 Å². The van der Waals surface area contributed by atoms with Crippen molar-refractivity contribution in [3.05, 3.63) is 126 Å². The zero-order valence-corrected chi connectivity index (χ0v) is 21.5. The Hall–Kier alpha value is -5.24. The molecular weight excluding hydrogens is 488 g/mol. The van der Waals surface area contributed by atoms with Gasteiger partial charge in [-0.25, -0.2) is 0 Å². The first-order valence-electron chi connectivity index (χ1n) is 12.4. The van der Waals surface area contributed by atoms with Crippen molar-refractivity contribution in [2.45, 2.75) is 19.4 Å². The highest BCUT2D eigenvalue weighted by Crippen LogP contribution is 2.20. The molecule has 0 saturated carbocycles. The molecule has 196 valence electrons. The highest BCUT2D eigenvalue weighted by molar-refractivity contribution is 6.03. The van der Waals surface area contributed by atoms with Crippen LogP contribution >= 0.6 is 0 Å². The molecule has 1 atom stereocenters. The Morgan fingerprint density at radius 1 is 0.744 bits per heavy atom. The van der Waals surface area contributed by atoms with Crippen molar-refractivity contribution in [1.82, 2.24) is 5.32 Å². The van der Waals surface area contributed by atoms with Crippen molar-refractivity contribution < 1.29 is 9.59 Å². The Morgan fingerprint density at radius 3 is 2.03 bits per heavy atom. The van der Waals surface area contributed by atoms with Crippen molar-refractivity contribution in [3.63, 3.8) is 0 Å². The summed E-state index contributed by atoms with van der Waals surface area (Å²) in [6.45, 7) is 1.76.